The van der Waals surface area contributed by atoms with Crippen LogP contribution in [0, 0.1) is 0 Å². The Hall–Kier alpha value is -4.05. The second-order valence-electron chi connectivity index (χ2n) is 7.18. The van der Waals surface area contributed by atoms with Crippen LogP contribution in [0.15, 0.2) is 73.2 Å². The summed E-state index contributed by atoms with van der Waals surface area (Å²) in [6, 6.07) is 12.4. The minimum atomic E-state index is -4.63. The van der Waals surface area contributed by atoms with Crippen molar-refractivity contribution in [1.29, 1.82) is 0 Å². The van der Waals surface area contributed by atoms with E-state index in [1.807, 2.05) is 13.2 Å². The van der Waals surface area contributed by atoms with E-state index in [1.54, 1.807) is 53.5 Å². The number of aryl methyl sites for hydroxylation is 1. The summed E-state index contributed by atoms with van der Waals surface area (Å²) in [7, 11) is 1.81. The molecule has 34 heavy (non-hydrogen) atoms. The first-order valence-electron chi connectivity index (χ1n) is 9.85. The first kappa shape index (κ1) is 23.1. The Labute approximate surface area is 197 Å². The highest BCUT2D eigenvalue weighted by molar-refractivity contribution is 6.31. The number of nitrogens with one attached hydrogen (secondary N) is 2. The zero-order chi connectivity index (χ0) is 24.3. The maximum absolute atomic E-state index is 13.0. The van der Waals surface area contributed by atoms with Gasteiger partial charge in [0, 0.05) is 42.4 Å². The maximum Gasteiger partial charge on any atom is 0.417 e. The first-order valence-corrected chi connectivity index (χ1v) is 10.2. The van der Waals surface area contributed by atoms with Gasteiger partial charge >= 0.3 is 12.2 Å². The molecule has 0 saturated heterocycles. The van der Waals surface area contributed by atoms with E-state index in [9.17, 15) is 18.0 Å². The molecule has 0 aliphatic rings. The number of urea groups is 1. The Morgan fingerprint density at radius 2 is 1.71 bits per heavy atom. The van der Waals surface area contributed by atoms with Crippen molar-refractivity contribution in [1.82, 2.24) is 14.8 Å². The second kappa shape index (κ2) is 9.44. The predicted molar refractivity (Wildman–Crippen MR) is 122 cm³/mol. The van der Waals surface area contributed by atoms with Gasteiger partial charge in [0.05, 0.1) is 22.5 Å². The predicted octanol–water partition coefficient (Wildman–Crippen LogP) is 6.59. The van der Waals surface area contributed by atoms with E-state index in [4.69, 9.17) is 16.3 Å². The molecule has 2 N–H and O–H groups in total. The summed E-state index contributed by atoms with van der Waals surface area (Å²) in [5.74, 6) is 1.08. The second-order valence-corrected chi connectivity index (χ2v) is 7.58. The lowest BCUT2D eigenvalue weighted by Crippen LogP contribution is -2.19. The van der Waals surface area contributed by atoms with Gasteiger partial charge in [0.1, 0.15) is 11.5 Å². The van der Waals surface area contributed by atoms with Gasteiger partial charge in [-0.3, -0.25) is 9.67 Å². The van der Waals surface area contributed by atoms with Gasteiger partial charge in [0.25, 0.3) is 0 Å². The van der Waals surface area contributed by atoms with Crippen molar-refractivity contribution in [3.63, 3.8) is 0 Å². The number of anilines is 2. The minimum Gasteiger partial charge on any atom is -0.457 e. The lowest BCUT2D eigenvalue weighted by atomic mass is 10.2. The van der Waals surface area contributed by atoms with Crippen LogP contribution in [0.3, 0.4) is 0 Å². The molecule has 11 heteroatoms. The molecule has 0 aliphatic heterocycles. The molecule has 0 unspecified atom stereocenters. The number of hydrogen-bond donors (Lipinski definition) is 2. The maximum atomic E-state index is 13.0. The molecule has 2 aromatic carbocycles. The summed E-state index contributed by atoms with van der Waals surface area (Å²) in [6.07, 6.45) is 0.532. The van der Waals surface area contributed by atoms with Crippen molar-refractivity contribution in [2.75, 3.05) is 10.6 Å². The monoisotopic (exact) mass is 487 g/mol. The Morgan fingerprint density at radius 3 is 2.38 bits per heavy atom. The molecule has 2 aromatic heterocycles. The fourth-order valence-electron chi connectivity index (χ4n) is 3.04. The molecule has 0 atom stereocenters. The molecule has 4 aromatic rings. The van der Waals surface area contributed by atoms with E-state index in [1.165, 1.54) is 6.07 Å². The van der Waals surface area contributed by atoms with Gasteiger partial charge in [-0.15, -0.1) is 0 Å². The van der Waals surface area contributed by atoms with Crippen LogP contribution in [0.4, 0.5) is 29.3 Å². The highest BCUT2D eigenvalue weighted by Crippen LogP contribution is 2.36. The molecule has 0 bridgehead atoms. The summed E-state index contributed by atoms with van der Waals surface area (Å²) in [6.45, 7) is 0. The number of benzene rings is 2. The highest BCUT2D eigenvalue weighted by atomic mass is 35.5. The molecule has 0 fully saturated rings. The number of nitrogens with zero attached hydrogens (tertiary/aromatic N) is 3. The SMILES string of the molecule is Cn1cc(-c2cc(Oc3ccc(NC(=O)Nc4ccc(Cl)c(C(F)(F)F)c4)cc3)ccn2)cn1. The number of hydrogen-bond acceptors (Lipinski definition) is 4. The quantitative estimate of drug-likeness (QED) is 0.333. The highest BCUT2D eigenvalue weighted by Gasteiger charge is 2.33. The van der Waals surface area contributed by atoms with Crippen LogP contribution in [-0.2, 0) is 13.2 Å². The van der Waals surface area contributed by atoms with E-state index in [-0.39, 0.29) is 5.69 Å². The number of ether oxygens (including phenoxy) is 1. The van der Waals surface area contributed by atoms with E-state index in [0.29, 0.717) is 22.9 Å². The van der Waals surface area contributed by atoms with Crippen molar-refractivity contribution in [2.24, 2.45) is 7.05 Å². The van der Waals surface area contributed by atoms with Crippen LogP contribution >= 0.6 is 11.6 Å². The van der Waals surface area contributed by atoms with E-state index >= 15 is 0 Å². The smallest absolute Gasteiger partial charge is 0.417 e. The lowest BCUT2D eigenvalue weighted by Gasteiger charge is -2.12. The topological polar surface area (TPSA) is 81.1 Å². The largest absolute Gasteiger partial charge is 0.457 e. The third kappa shape index (κ3) is 5.65. The number of alkyl halides is 3. The number of amides is 2. The molecule has 0 saturated carbocycles. The van der Waals surface area contributed by atoms with Crippen molar-refractivity contribution in [3.8, 4) is 22.8 Å². The van der Waals surface area contributed by atoms with Gasteiger partial charge in [-0.25, -0.2) is 4.79 Å². The summed E-state index contributed by atoms with van der Waals surface area (Å²) in [5, 5.41) is 8.58. The lowest BCUT2D eigenvalue weighted by molar-refractivity contribution is -0.137. The molecule has 2 amide bonds. The number of carbonyl (C=O) groups excluding carboxylic acids is 1. The van der Waals surface area contributed by atoms with Gasteiger partial charge in [-0.2, -0.15) is 18.3 Å². The zero-order valence-corrected chi connectivity index (χ0v) is 18.4. The van der Waals surface area contributed by atoms with Crippen molar-refractivity contribution >= 4 is 29.0 Å². The summed E-state index contributed by atoms with van der Waals surface area (Å²) >= 11 is 5.59. The fourth-order valence-corrected chi connectivity index (χ4v) is 3.27. The van der Waals surface area contributed by atoms with Crippen molar-refractivity contribution in [3.05, 3.63) is 83.8 Å². The van der Waals surface area contributed by atoms with Crippen LogP contribution in [0.1, 0.15) is 5.56 Å². The molecular weight excluding hydrogens is 471 g/mol. The standard InChI is InChI=1S/C23H17ClF3N5O2/c1-32-13-14(12-29-32)21-11-18(8-9-28-21)34-17-5-2-15(3-6-17)30-22(33)31-16-4-7-20(24)19(10-16)23(25,26)27/h2-13H,1H3,(H2,30,31,33). The van der Waals surface area contributed by atoms with Gasteiger partial charge in [0.15, 0.2) is 0 Å². The third-order valence-electron chi connectivity index (χ3n) is 4.61. The molecule has 0 radical (unpaired) electrons. The van der Waals surface area contributed by atoms with E-state index < -0.39 is 22.8 Å². The van der Waals surface area contributed by atoms with E-state index in [0.717, 1.165) is 17.7 Å². The normalized spacial score (nSPS) is 11.2. The summed E-state index contributed by atoms with van der Waals surface area (Å²) in [4.78, 5) is 16.5. The number of rotatable bonds is 5. The van der Waals surface area contributed by atoms with Crippen LogP contribution in [0.2, 0.25) is 5.02 Å². The Bertz CT molecular complexity index is 1320. The fraction of sp³-hybridized carbons (Fsp3) is 0.0870. The van der Waals surface area contributed by atoms with Crippen LogP contribution in [0.5, 0.6) is 11.5 Å². The van der Waals surface area contributed by atoms with Crippen LogP contribution in [0.25, 0.3) is 11.3 Å². The Morgan fingerprint density at radius 1 is 1.00 bits per heavy atom. The molecule has 2 heterocycles. The zero-order valence-electron chi connectivity index (χ0n) is 17.6. The molecule has 7 nitrogen and oxygen atoms in total. The Balaban J connectivity index is 1.38. The molecule has 0 aliphatic carbocycles. The van der Waals surface area contributed by atoms with Crippen molar-refractivity contribution in [2.45, 2.75) is 6.18 Å². The number of aromatic nitrogens is 3. The third-order valence-corrected chi connectivity index (χ3v) is 4.94. The number of halogens is 4. The number of carbonyl (C=O) groups is 1. The molecule has 4 rings (SSSR count). The summed E-state index contributed by atoms with van der Waals surface area (Å²) in [5.41, 5.74) is 0.895. The summed E-state index contributed by atoms with van der Waals surface area (Å²) < 4.78 is 46.5. The van der Waals surface area contributed by atoms with Gasteiger partial charge in [-0.05, 0) is 48.5 Å². The van der Waals surface area contributed by atoms with Crippen LogP contribution < -0.4 is 15.4 Å². The van der Waals surface area contributed by atoms with Crippen molar-refractivity contribution < 1.29 is 22.7 Å². The van der Waals surface area contributed by atoms with E-state index in [2.05, 4.69) is 20.7 Å². The first-order chi connectivity index (χ1) is 16.2. The van der Waals surface area contributed by atoms with Crippen LogP contribution in [-0.4, -0.2) is 20.8 Å². The average Bonchev–Trinajstić information content (AvgIpc) is 3.22. The number of pyridine rings is 1. The van der Waals surface area contributed by atoms with Gasteiger partial charge in [-0.1, -0.05) is 11.6 Å². The minimum absolute atomic E-state index is 0.0451. The molecule has 0 spiro atoms. The van der Waals surface area contributed by atoms with Gasteiger partial charge < -0.3 is 15.4 Å². The Kier molecular flexibility index (Phi) is 6.42. The van der Waals surface area contributed by atoms with Gasteiger partial charge in [0.2, 0.25) is 0 Å². The molecular formula is C23H17ClF3N5O2. The average molecular weight is 488 g/mol. The molecule has 174 valence electrons.